The fourth-order valence-electron chi connectivity index (χ4n) is 6.27. The maximum atomic E-state index is 13.4. The van der Waals surface area contributed by atoms with Crippen molar-refractivity contribution in [2.45, 2.75) is 58.8 Å². The standard InChI is InChI=1S/C31H40N4O2/c1-5-9-23-11-8-12-25(22(2)3)28(23)32-30(37)35-19-16-31(21-35)14-17-34(18-15-31)29(36)27-20-24-10-6-7-13-26(24)33(27)4/h6-8,10-13,20,22H,5,9,14-19,21H2,1-4H3,(H,32,37). The normalized spacial score (nSPS) is 17.2. The highest BCUT2D eigenvalue weighted by Gasteiger charge is 2.43. The van der Waals surface area contributed by atoms with Gasteiger partial charge in [-0.1, -0.05) is 63.6 Å². The molecule has 0 atom stereocenters. The van der Waals surface area contributed by atoms with Crippen molar-refractivity contribution in [2.24, 2.45) is 12.5 Å². The number of carbonyl (C=O) groups is 2. The summed E-state index contributed by atoms with van der Waals surface area (Å²) in [6, 6.07) is 16.5. The van der Waals surface area contributed by atoms with Gasteiger partial charge in [-0.25, -0.2) is 4.79 Å². The number of fused-ring (bicyclic) bond motifs is 1. The molecule has 0 saturated carbocycles. The number of anilines is 1. The van der Waals surface area contributed by atoms with Gasteiger partial charge >= 0.3 is 6.03 Å². The molecule has 0 unspecified atom stereocenters. The molecule has 1 aromatic heterocycles. The maximum Gasteiger partial charge on any atom is 0.321 e. The fourth-order valence-corrected chi connectivity index (χ4v) is 6.27. The number of aromatic nitrogens is 1. The Morgan fingerprint density at radius 1 is 0.973 bits per heavy atom. The molecular formula is C31H40N4O2. The number of hydrogen-bond acceptors (Lipinski definition) is 2. The van der Waals surface area contributed by atoms with E-state index >= 15 is 0 Å². The van der Waals surface area contributed by atoms with Crippen LogP contribution in [0.2, 0.25) is 0 Å². The predicted octanol–water partition coefficient (Wildman–Crippen LogP) is 6.41. The smallest absolute Gasteiger partial charge is 0.321 e. The van der Waals surface area contributed by atoms with Crippen LogP contribution in [0.5, 0.6) is 0 Å². The van der Waals surface area contributed by atoms with Crippen molar-refractivity contribution >= 4 is 28.5 Å². The van der Waals surface area contributed by atoms with Gasteiger partial charge in [-0.3, -0.25) is 4.79 Å². The summed E-state index contributed by atoms with van der Waals surface area (Å²) < 4.78 is 2.01. The molecule has 5 rings (SSSR count). The summed E-state index contributed by atoms with van der Waals surface area (Å²) in [4.78, 5) is 30.8. The third-order valence-corrected chi connectivity index (χ3v) is 8.56. The molecule has 6 heteroatoms. The van der Waals surface area contributed by atoms with E-state index < -0.39 is 0 Å². The summed E-state index contributed by atoms with van der Waals surface area (Å²) in [6.45, 7) is 9.56. The predicted molar refractivity (Wildman–Crippen MR) is 150 cm³/mol. The van der Waals surface area contributed by atoms with Crippen molar-refractivity contribution in [3.05, 3.63) is 65.4 Å². The van der Waals surface area contributed by atoms with E-state index in [4.69, 9.17) is 0 Å². The number of likely N-dealkylation sites (tertiary alicyclic amines) is 2. The molecule has 3 amide bonds. The zero-order valence-corrected chi connectivity index (χ0v) is 22.7. The Morgan fingerprint density at radius 3 is 2.35 bits per heavy atom. The molecule has 3 heterocycles. The second kappa shape index (κ2) is 10.2. The lowest BCUT2D eigenvalue weighted by Gasteiger charge is -2.39. The second-order valence-electron chi connectivity index (χ2n) is 11.3. The van der Waals surface area contributed by atoms with Crippen molar-refractivity contribution < 1.29 is 9.59 Å². The molecule has 2 aromatic carbocycles. The Balaban J connectivity index is 1.23. The zero-order valence-electron chi connectivity index (χ0n) is 22.7. The molecule has 196 valence electrons. The largest absolute Gasteiger partial charge is 0.340 e. The van der Waals surface area contributed by atoms with Crippen LogP contribution in [0.15, 0.2) is 48.5 Å². The Bertz CT molecular complexity index is 1300. The molecule has 3 aromatic rings. The molecule has 2 fully saturated rings. The SMILES string of the molecule is CCCc1cccc(C(C)C)c1NC(=O)N1CCC2(CCN(C(=O)c3cc4ccccc4n3C)CC2)C1. The van der Waals surface area contributed by atoms with Crippen LogP contribution in [0, 0.1) is 5.41 Å². The summed E-state index contributed by atoms with van der Waals surface area (Å²) in [6.07, 6.45) is 4.89. The van der Waals surface area contributed by atoms with Gasteiger partial charge in [0.15, 0.2) is 0 Å². The van der Waals surface area contributed by atoms with Crippen molar-refractivity contribution in [3.63, 3.8) is 0 Å². The number of nitrogens with one attached hydrogen (secondary N) is 1. The first-order valence-corrected chi connectivity index (χ1v) is 13.8. The molecule has 0 bridgehead atoms. The van der Waals surface area contributed by atoms with Gasteiger partial charge in [0.1, 0.15) is 5.69 Å². The summed E-state index contributed by atoms with van der Waals surface area (Å²) in [5, 5.41) is 4.39. The molecule has 37 heavy (non-hydrogen) atoms. The molecule has 2 aliphatic heterocycles. The summed E-state index contributed by atoms with van der Waals surface area (Å²) >= 11 is 0. The Labute approximate surface area is 220 Å². The number of piperidine rings is 1. The summed E-state index contributed by atoms with van der Waals surface area (Å²) in [7, 11) is 1.97. The van der Waals surface area contributed by atoms with E-state index in [1.54, 1.807) is 0 Å². The van der Waals surface area contributed by atoms with Gasteiger partial charge in [0.25, 0.3) is 5.91 Å². The van der Waals surface area contributed by atoms with Crippen LogP contribution >= 0.6 is 0 Å². The maximum absolute atomic E-state index is 13.4. The van der Waals surface area contributed by atoms with Crippen LogP contribution in [0.4, 0.5) is 10.5 Å². The van der Waals surface area contributed by atoms with Crippen molar-refractivity contribution in [2.75, 3.05) is 31.5 Å². The Hall–Kier alpha value is -3.28. The summed E-state index contributed by atoms with van der Waals surface area (Å²) in [5.74, 6) is 0.454. The van der Waals surface area contributed by atoms with Crippen molar-refractivity contribution in [1.82, 2.24) is 14.4 Å². The van der Waals surface area contributed by atoms with E-state index in [9.17, 15) is 9.59 Å². The van der Waals surface area contributed by atoms with E-state index in [-0.39, 0.29) is 17.4 Å². The van der Waals surface area contributed by atoms with Gasteiger partial charge in [0.2, 0.25) is 0 Å². The van der Waals surface area contributed by atoms with Crippen LogP contribution in [0.25, 0.3) is 10.9 Å². The van der Waals surface area contributed by atoms with E-state index in [2.05, 4.69) is 56.4 Å². The first-order valence-electron chi connectivity index (χ1n) is 13.8. The first kappa shape index (κ1) is 25.4. The average Bonchev–Trinajstić information content (AvgIpc) is 3.46. The third kappa shape index (κ3) is 4.86. The Morgan fingerprint density at radius 2 is 1.68 bits per heavy atom. The van der Waals surface area contributed by atoms with E-state index in [0.29, 0.717) is 5.92 Å². The van der Waals surface area contributed by atoms with E-state index in [0.717, 1.165) is 80.6 Å². The third-order valence-electron chi connectivity index (χ3n) is 8.56. The van der Waals surface area contributed by atoms with Crippen LogP contribution in [-0.2, 0) is 13.5 Å². The van der Waals surface area contributed by atoms with Gasteiger partial charge in [0, 0.05) is 49.8 Å². The van der Waals surface area contributed by atoms with Crippen LogP contribution < -0.4 is 5.32 Å². The highest BCUT2D eigenvalue weighted by molar-refractivity contribution is 5.98. The number of hydrogen-bond donors (Lipinski definition) is 1. The molecule has 2 saturated heterocycles. The quantitative estimate of drug-likeness (QED) is 0.440. The number of benzene rings is 2. The van der Waals surface area contributed by atoms with Gasteiger partial charge < -0.3 is 19.7 Å². The number of carbonyl (C=O) groups excluding carboxylic acids is 2. The molecule has 6 nitrogen and oxygen atoms in total. The monoisotopic (exact) mass is 500 g/mol. The topological polar surface area (TPSA) is 57.6 Å². The number of rotatable bonds is 5. The van der Waals surface area contributed by atoms with Crippen molar-refractivity contribution in [3.8, 4) is 0 Å². The highest BCUT2D eigenvalue weighted by Crippen LogP contribution is 2.41. The number of amides is 3. The molecular weight excluding hydrogens is 460 g/mol. The second-order valence-corrected chi connectivity index (χ2v) is 11.3. The fraction of sp³-hybridized carbons (Fsp3) is 0.484. The van der Waals surface area contributed by atoms with Crippen molar-refractivity contribution in [1.29, 1.82) is 0 Å². The van der Waals surface area contributed by atoms with Gasteiger partial charge in [-0.15, -0.1) is 0 Å². The lowest BCUT2D eigenvalue weighted by atomic mass is 9.77. The lowest BCUT2D eigenvalue weighted by molar-refractivity contribution is 0.0586. The van der Waals surface area contributed by atoms with Gasteiger partial charge in [-0.2, -0.15) is 0 Å². The Kier molecular flexibility index (Phi) is 7.02. The van der Waals surface area contributed by atoms with E-state index in [1.165, 1.54) is 11.1 Å². The number of urea groups is 1. The minimum Gasteiger partial charge on any atom is -0.340 e. The molecule has 1 N–H and O–H groups in total. The first-order chi connectivity index (χ1) is 17.8. The minimum atomic E-state index is 0.0105. The van der Waals surface area contributed by atoms with Crippen LogP contribution in [0.1, 0.15) is 74.0 Å². The molecule has 2 aliphatic rings. The number of nitrogens with zero attached hydrogens (tertiary/aromatic N) is 3. The minimum absolute atomic E-state index is 0.0105. The summed E-state index contributed by atoms with van der Waals surface area (Å²) in [5.41, 5.74) is 5.36. The zero-order chi connectivity index (χ0) is 26.2. The molecule has 0 aliphatic carbocycles. The number of aryl methyl sites for hydroxylation is 2. The average molecular weight is 501 g/mol. The van der Waals surface area contributed by atoms with Crippen LogP contribution in [-0.4, -0.2) is 52.5 Å². The lowest BCUT2D eigenvalue weighted by Crippen LogP contribution is -2.45. The highest BCUT2D eigenvalue weighted by atomic mass is 16.2. The van der Waals surface area contributed by atoms with Crippen LogP contribution in [0.3, 0.4) is 0 Å². The number of para-hydroxylation sites is 2. The van der Waals surface area contributed by atoms with E-state index in [1.807, 2.05) is 39.6 Å². The van der Waals surface area contributed by atoms with Gasteiger partial charge in [0.05, 0.1) is 0 Å². The molecule has 0 radical (unpaired) electrons. The molecule has 1 spiro atoms. The van der Waals surface area contributed by atoms with Gasteiger partial charge in [-0.05, 0) is 60.3 Å².